The van der Waals surface area contributed by atoms with Crippen LogP contribution >= 0.6 is 0 Å². The van der Waals surface area contributed by atoms with Crippen LogP contribution in [-0.2, 0) is 0 Å². The molecule has 0 unspecified atom stereocenters. The molecule has 0 saturated carbocycles. The molecule has 0 atom stereocenters. The number of carboxylic acids is 1. The van der Waals surface area contributed by atoms with E-state index in [0.717, 1.165) is 207 Å². The van der Waals surface area contributed by atoms with Crippen molar-refractivity contribution in [3.63, 3.8) is 0 Å². The van der Waals surface area contributed by atoms with Gasteiger partial charge in [-0.3, -0.25) is 0 Å². The van der Waals surface area contributed by atoms with E-state index in [-0.39, 0.29) is 16.8 Å². The number of hydrogen-bond acceptors (Lipinski definition) is 13. The molecule has 8 bridgehead atoms. The van der Waals surface area contributed by atoms with E-state index in [1.807, 2.05) is 24.3 Å². The van der Waals surface area contributed by atoms with E-state index >= 15 is 0 Å². The third-order valence-corrected chi connectivity index (χ3v) is 22.6. The number of nitrogens with zero attached hydrogens (tertiary/aromatic N) is 4. The van der Waals surface area contributed by atoms with Crippen molar-refractivity contribution in [2.45, 2.75) is 364 Å². The number of ether oxygens (including phenoxy) is 8. The number of aromatic nitrogens is 4. The molecule has 0 amide bonds. The van der Waals surface area contributed by atoms with Crippen molar-refractivity contribution in [2.75, 3.05) is 52.9 Å². The van der Waals surface area contributed by atoms with Crippen LogP contribution in [0.15, 0.2) is 62.4 Å². The highest BCUT2D eigenvalue weighted by atomic mass is 16.5. The Balaban J connectivity index is 1.36. The van der Waals surface area contributed by atoms with Gasteiger partial charge in [-0.1, -0.05) is 312 Å². The second kappa shape index (κ2) is 52.7. The van der Waals surface area contributed by atoms with Crippen molar-refractivity contribution in [1.82, 2.24) is 19.9 Å². The lowest BCUT2D eigenvalue weighted by Gasteiger charge is -2.16. The van der Waals surface area contributed by atoms with Crippen LogP contribution in [0.4, 0.5) is 23.3 Å². The molecule has 18 nitrogen and oxygen atoms in total. The molecule has 636 valence electrons. The molecule has 18 heteroatoms. The minimum atomic E-state index is -1.18. The Morgan fingerprint density at radius 3 is 0.704 bits per heavy atom. The summed E-state index contributed by atoms with van der Waals surface area (Å²) in [6, 6.07) is 14.3. The first kappa shape index (κ1) is 91.0. The molecule has 4 aromatic carbocycles. The molecule has 0 aliphatic carbocycles. The number of hydrogen-bond donors (Lipinski definition) is 5. The zero-order valence-electron chi connectivity index (χ0n) is 72.5. The fourth-order valence-electron chi connectivity index (χ4n) is 15.7. The van der Waals surface area contributed by atoms with Crippen molar-refractivity contribution in [1.29, 1.82) is 0 Å². The van der Waals surface area contributed by atoms with Gasteiger partial charge in [-0.15, -0.1) is 0 Å². The van der Waals surface area contributed by atoms with Gasteiger partial charge in [0.2, 0.25) is 0 Å². The van der Waals surface area contributed by atoms with E-state index in [9.17, 15) is 9.90 Å². The van der Waals surface area contributed by atoms with Gasteiger partial charge in [0.1, 0.15) is 50.8 Å². The van der Waals surface area contributed by atoms with Crippen LogP contribution in [0.1, 0.15) is 374 Å². The predicted octanol–water partition coefficient (Wildman–Crippen LogP) is 27.3. The molecule has 0 saturated heterocycles. The smallest absolute Gasteiger partial charge is 0.340 e. The van der Waals surface area contributed by atoms with E-state index in [4.69, 9.17) is 57.9 Å². The number of unbranched alkanes of at least 4 members (excludes halogenated alkanes) is 40. The monoisotopic (exact) mass is 1590 g/mol. The van der Waals surface area contributed by atoms with E-state index < -0.39 is 5.97 Å². The molecule has 0 fully saturated rings. The lowest BCUT2D eigenvalue weighted by Crippen LogP contribution is -2.13. The van der Waals surface area contributed by atoms with Crippen LogP contribution in [0.5, 0.6) is 46.0 Å². The number of carbonyl (C=O) groups is 1. The Bertz CT molecular complexity index is 4370. The Hall–Kier alpha value is -7.89. The number of nitrogens with one attached hydrogen (secondary N) is 4. The Labute approximate surface area is 688 Å². The Kier molecular flexibility index (Phi) is 41.7. The summed E-state index contributed by atoms with van der Waals surface area (Å²) in [5.41, 5.74) is 1.60. The maximum absolute atomic E-state index is 14.7. The lowest BCUT2D eigenvalue weighted by atomic mass is 10.1. The molecule has 0 spiro atoms. The average Bonchev–Trinajstić information content (AvgIpc) is 1.59. The summed E-state index contributed by atoms with van der Waals surface area (Å²) in [7, 11) is 0. The zero-order valence-corrected chi connectivity index (χ0v) is 72.5. The molecule has 8 aromatic rings. The van der Waals surface area contributed by atoms with Gasteiger partial charge in [0, 0.05) is 43.1 Å². The van der Waals surface area contributed by atoms with Gasteiger partial charge in [-0.25, -0.2) is 24.8 Å². The molecular weight excluding hydrogens is 1440 g/mol. The van der Waals surface area contributed by atoms with Crippen LogP contribution < -0.4 is 59.8 Å². The van der Waals surface area contributed by atoms with E-state index in [1.54, 1.807) is 0 Å². The maximum atomic E-state index is 14.7. The first-order chi connectivity index (χ1) is 56.7. The third kappa shape index (κ3) is 28.7. The third-order valence-electron chi connectivity index (χ3n) is 22.6. The fraction of sp³-hybridized carbons (Fsp3) is 0.660. The van der Waals surface area contributed by atoms with Crippen molar-refractivity contribution in [3.8, 4) is 46.0 Å². The maximum Gasteiger partial charge on any atom is 0.340 e. The SMILES string of the molecule is CCCCCCCCOc1cc2c3[nH]c(c2cc1OCCCCCCCC)N=c1[nH]c(c2c(C(=O)O)c(OCCCCCCCC)c(OCCCCCCCC)cc12)=Nc1[nH]c(c2cc(OCCCCCCCC)c(OCCCCCCCC)cc12)N=c1[nH]c(c2cc(OCCCCCCCC)c(OCCCCCCCC)cc12)=N3. The van der Waals surface area contributed by atoms with Crippen LogP contribution in [0.25, 0.3) is 43.1 Å². The van der Waals surface area contributed by atoms with Crippen molar-refractivity contribution in [2.24, 2.45) is 20.0 Å². The highest BCUT2D eigenvalue weighted by molar-refractivity contribution is 6.08. The fourth-order valence-corrected chi connectivity index (χ4v) is 15.7. The van der Waals surface area contributed by atoms with Gasteiger partial charge in [0.25, 0.3) is 0 Å². The van der Waals surface area contributed by atoms with E-state index in [2.05, 4.69) is 93.5 Å². The summed E-state index contributed by atoms with van der Waals surface area (Å²) in [5, 5.41) is 17.3. The molecule has 9 rings (SSSR count). The standard InChI is InChI=1S/C97H148N8O10/c1-9-17-25-33-41-49-57-108-79-65-72-73(66-80(79)109-58-50-42-34-26-18-10-2)90-98-89(72)99-91-74-67-81(110-59-51-43-35-27-19-11-3)82(111-60-52-44-36-28-20-12-4)68-75(74)93(101-91)103-95-78-71-85(114-63-55-47-39-31-23-15-7)88(115-64-56-48-40-32-24-16-8)87(97(106)107)86(78)96(105-95)104-94-77-70-84(113-62-54-46-38-30-22-14-6)83(69-76(77)92(100-90)102-94)112-61-53-45-37-29-21-13-5/h65-71H,9-64H2,1-8H3,(H,106,107)(H4,98,99,100,101,102,103,104,105). The van der Waals surface area contributed by atoms with Crippen molar-refractivity contribution >= 4 is 72.3 Å². The highest BCUT2D eigenvalue weighted by Gasteiger charge is 2.28. The second-order valence-electron chi connectivity index (χ2n) is 32.5. The topological polar surface area (TPSA) is 224 Å². The molecular formula is C97H148N8O10. The van der Waals surface area contributed by atoms with Crippen LogP contribution in [-0.4, -0.2) is 83.9 Å². The number of aromatic carboxylic acids is 1. The largest absolute Gasteiger partial charge is 0.490 e. The van der Waals surface area contributed by atoms with Crippen molar-refractivity contribution < 1.29 is 47.8 Å². The summed E-state index contributed by atoms with van der Waals surface area (Å²) in [4.78, 5) is 52.4. The number of carboxylic acid groups (broad SMARTS) is 1. The normalized spacial score (nSPS) is 12.0. The van der Waals surface area contributed by atoms with E-state index in [1.165, 1.54) is 128 Å². The molecule has 115 heavy (non-hydrogen) atoms. The summed E-state index contributed by atoms with van der Waals surface area (Å²) in [6.45, 7) is 21.8. The molecule has 1 aliphatic rings. The first-order valence-corrected chi connectivity index (χ1v) is 46.6. The number of benzene rings is 4. The minimum absolute atomic E-state index is 0.0654. The van der Waals surface area contributed by atoms with Crippen LogP contribution in [0.2, 0.25) is 0 Å². The average molecular weight is 1590 g/mol. The zero-order chi connectivity index (χ0) is 80.9. The van der Waals surface area contributed by atoms with E-state index in [0.29, 0.717) is 149 Å². The quantitative estimate of drug-likeness (QED) is 0.0227. The Morgan fingerprint density at radius 1 is 0.243 bits per heavy atom. The molecule has 0 radical (unpaired) electrons. The van der Waals surface area contributed by atoms with Gasteiger partial charge >= 0.3 is 5.97 Å². The number of aromatic amines is 4. The predicted molar refractivity (Wildman–Crippen MR) is 474 cm³/mol. The molecule has 5 heterocycles. The summed E-state index contributed by atoms with van der Waals surface area (Å²) < 4.78 is 55.1. The van der Waals surface area contributed by atoms with Gasteiger partial charge in [-0.2, -0.15) is 0 Å². The van der Waals surface area contributed by atoms with Gasteiger partial charge in [-0.05, 0) is 93.8 Å². The molecule has 4 aromatic heterocycles. The van der Waals surface area contributed by atoms with Gasteiger partial charge < -0.3 is 62.9 Å². The second-order valence-corrected chi connectivity index (χ2v) is 32.5. The van der Waals surface area contributed by atoms with Gasteiger partial charge in [0.15, 0.2) is 46.0 Å². The minimum Gasteiger partial charge on any atom is -0.490 e. The highest BCUT2D eigenvalue weighted by Crippen LogP contribution is 2.45. The Morgan fingerprint density at radius 2 is 0.443 bits per heavy atom. The number of rotatable bonds is 65. The number of H-pyrrole nitrogens is 4. The van der Waals surface area contributed by atoms with Crippen molar-refractivity contribution in [3.05, 3.63) is 70.0 Å². The number of fused-ring (bicyclic) bond motifs is 20. The van der Waals surface area contributed by atoms with Gasteiger partial charge in [0.05, 0.1) is 52.9 Å². The summed E-state index contributed by atoms with van der Waals surface area (Å²) in [6.07, 6.45) is 53.0. The molecule has 5 N–H and O–H groups in total. The summed E-state index contributed by atoms with van der Waals surface area (Å²) >= 11 is 0. The van der Waals surface area contributed by atoms with Crippen LogP contribution in [0.3, 0.4) is 0 Å². The summed E-state index contributed by atoms with van der Waals surface area (Å²) in [5.74, 6) is 4.96. The first-order valence-electron chi connectivity index (χ1n) is 46.6. The lowest BCUT2D eigenvalue weighted by molar-refractivity contribution is 0.0693. The molecule has 1 aliphatic heterocycles. The van der Waals surface area contributed by atoms with Crippen LogP contribution in [0, 0.1) is 0 Å².